The van der Waals surface area contributed by atoms with Gasteiger partial charge in [-0.05, 0) is 58.4 Å². The third kappa shape index (κ3) is 6.04. The van der Waals surface area contributed by atoms with E-state index in [9.17, 15) is 14.0 Å². The Balaban J connectivity index is 1.53. The van der Waals surface area contributed by atoms with Crippen LogP contribution in [0, 0.1) is 5.82 Å². The lowest BCUT2D eigenvalue weighted by molar-refractivity contribution is -0.116. The molecular formula is C19H16BrClFN5O2S. The van der Waals surface area contributed by atoms with Gasteiger partial charge in [-0.25, -0.2) is 4.39 Å². The van der Waals surface area contributed by atoms with Gasteiger partial charge in [0.1, 0.15) is 11.6 Å². The molecule has 0 unspecified atom stereocenters. The molecule has 0 saturated heterocycles. The topological polar surface area (TPSA) is 88.9 Å². The summed E-state index contributed by atoms with van der Waals surface area (Å²) in [6.45, 7) is 0. The van der Waals surface area contributed by atoms with Crippen molar-refractivity contribution in [2.75, 3.05) is 16.4 Å². The van der Waals surface area contributed by atoms with Crippen LogP contribution in [-0.4, -0.2) is 32.3 Å². The second-order valence-electron chi connectivity index (χ2n) is 6.16. The third-order valence-corrected chi connectivity index (χ3v) is 6.16. The first kappa shape index (κ1) is 22.3. The summed E-state index contributed by atoms with van der Waals surface area (Å²) in [5, 5.41) is 14.5. The number of nitrogens with zero attached hydrogens (tertiary/aromatic N) is 3. The van der Waals surface area contributed by atoms with E-state index in [1.807, 2.05) is 0 Å². The highest BCUT2D eigenvalue weighted by Crippen LogP contribution is 2.26. The summed E-state index contributed by atoms with van der Waals surface area (Å²) in [5.74, 6) is -0.357. The number of carbonyl (C=O) groups is 2. The second-order valence-corrected chi connectivity index (χ2v) is 8.36. The first-order valence-corrected chi connectivity index (χ1v) is 10.8. The summed E-state index contributed by atoms with van der Waals surface area (Å²) in [7, 11) is 1.72. The average molecular weight is 513 g/mol. The molecule has 2 N–H and O–H groups in total. The van der Waals surface area contributed by atoms with Crippen LogP contribution in [0.5, 0.6) is 0 Å². The van der Waals surface area contributed by atoms with Crippen LogP contribution in [0.3, 0.4) is 0 Å². The van der Waals surface area contributed by atoms with Crippen LogP contribution in [-0.2, 0) is 23.1 Å². The van der Waals surface area contributed by atoms with Crippen molar-refractivity contribution in [3.63, 3.8) is 0 Å². The second kappa shape index (κ2) is 10.1. The maximum atomic E-state index is 12.9. The fraction of sp³-hybridized carbons (Fsp3) is 0.158. The molecule has 0 aliphatic heterocycles. The summed E-state index contributed by atoms with van der Waals surface area (Å²) in [4.78, 5) is 24.3. The summed E-state index contributed by atoms with van der Waals surface area (Å²) in [6, 6.07) is 10.6. The molecule has 0 saturated carbocycles. The quantitative estimate of drug-likeness (QED) is 0.461. The molecule has 0 aliphatic carbocycles. The van der Waals surface area contributed by atoms with Crippen LogP contribution < -0.4 is 10.6 Å². The van der Waals surface area contributed by atoms with E-state index < -0.39 is 0 Å². The van der Waals surface area contributed by atoms with Crippen LogP contribution >= 0.6 is 39.3 Å². The number of rotatable bonds is 7. The van der Waals surface area contributed by atoms with E-state index in [2.05, 4.69) is 36.8 Å². The van der Waals surface area contributed by atoms with Gasteiger partial charge < -0.3 is 15.2 Å². The molecule has 0 atom stereocenters. The van der Waals surface area contributed by atoms with Gasteiger partial charge in [-0.15, -0.1) is 10.2 Å². The number of nitrogens with one attached hydrogen (secondary N) is 2. The van der Waals surface area contributed by atoms with Crippen molar-refractivity contribution in [1.82, 2.24) is 14.8 Å². The van der Waals surface area contributed by atoms with Gasteiger partial charge in [0.15, 0.2) is 5.16 Å². The molecule has 7 nitrogen and oxygen atoms in total. The smallest absolute Gasteiger partial charge is 0.234 e. The number of halogens is 3. The Labute approximate surface area is 189 Å². The number of hydrogen-bond donors (Lipinski definition) is 2. The van der Waals surface area contributed by atoms with E-state index in [0.29, 0.717) is 27.4 Å². The molecule has 1 aromatic heterocycles. The summed E-state index contributed by atoms with van der Waals surface area (Å²) >= 11 is 10.5. The molecule has 1 heterocycles. The third-order valence-electron chi connectivity index (χ3n) is 3.91. The van der Waals surface area contributed by atoms with E-state index >= 15 is 0 Å². The standard InChI is InChI=1S/C19H16BrClFN5O2S/c1-27-16(9-17(28)23-12-4-2-11(22)3-5-12)25-26-19(27)30-10-18(29)24-13-6-7-14(20)15(21)8-13/h2-8H,9-10H2,1H3,(H,23,28)(H,24,29). The lowest BCUT2D eigenvalue weighted by Gasteiger charge is -2.07. The fourth-order valence-corrected chi connectivity index (χ4v) is 3.56. The van der Waals surface area contributed by atoms with Crippen molar-refractivity contribution >= 4 is 62.5 Å². The number of carbonyl (C=O) groups excluding carboxylic acids is 2. The summed E-state index contributed by atoms with van der Waals surface area (Å²) < 4.78 is 15.3. The predicted octanol–water partition coefficient (Wildman–Crippen LogP) is 4.28. The molecule has 156 valence electrons. The van der Waals surface area contributed by atoms with Crippen molar-refractivity contribution in [3.05, 3.63) is 63.6 Å². The van der Waals surface area contributed by atoms with Crippen molar-refractivity contribution < 1.29 is 14.0 Å². The number of benzene rings is 2. The van der Waals surface area contributed by atoms with Crippen LogP contribution in [0.2, 0.25) is 5.02 Å². The van der Waals surface area contributed by atoms with Crippen molar-refractivity contribution in [3.8, 4) is 0 Å². The van der Waals surface area contributed by atoms with E-state index in [1.54, 1.807) is 29.8 Å². The minimum absolute atomic E-state index is 0.00890. The zero-order valence-corrected chi connectivity index (χ0v) is 18.8. The Morgan fingerprint density at radius 1 is 1.10 bits per heavy atom. The number of hydrogen-bond acceptors (Lipinski definition) is 5. The van der Waals surface area contributed by atoms with Gasteiger partial charge in [0.05, 0.1) is 17.2 Å². The van der Waals surface area contributed by atoms with Crippen LogP contribution in [0.25, 0.3) is 0 Å². The molecular weight excluding hydrogens is 497 g/mol. The molecule has 30 heavy (non-hydrogen) atoms. The van der Waals surface area contributed by atoms with Gasteiger partial charge in [0.25, 0.3) is 0 Å². The van der Waals surface area contributed by atoms with Crippen molar-refractivity contribution in [2.45, 2.75) is 11.6 Å². The van der Waals surface area contributed by atoms with Gasteiger partial charge in [-0.1, -0.05) is 23.4 Å². The van der Waals surface area contributed by atoms with Crippen molar-refractivity contribution in [2.24, 2.45) is 7.05 Å². The number of aromatic nitrogens is 3. The molecule has 11 heteroatoms. The Bertz CT molecular complexity index is 1080. The molecule has 2 amide bonds. The van der Waals surface area contributed by atoms with Crippen LogP contribution in [0.1, 0.15) is 5.82 Å². The van der Waals surface area contributed by atoms with Gasteiger partial charge in [-0.2, -0.15) is 0 Å². The first-order valence-electron chi connectivity index (χ1n) is 8.63. The van der Waals surface area contributed by atoms with Crippen LogP contribution in [0.4, 0.5) is 15.8 Å². The lowest BCUT2D eigenvalue weighted by Crippen LogP contribution is -2.17. The van der Waals surface area contributed by atoms with Gasteiger partial charge in [0, 0.05) is 22.9 Å². The van der Waals surface area contributed by atoms with E-state index in [1.165, 1.54) is 36.0 Å². The largest absolute Gasteiger partial charge is 0.326 e. The minimum Gasteiger partial charge on any atom is -0.326 e. The highest BCUT2D eigenvalue weighted by Gasteiger charge is 2.15. The van der Waals surface area contributed by atoms with Crippen LogP contribution in [0.15, 0.2) is 52.1 Å². The minimum atomic E-state index is -0.379. The maximum Gasteiger partial charge on any atom is 0.234 e. The number of thioether (sulfide) groups is 1. The number of amides is 2. The molecule has 2 aromatic carbocycles. The Kier molecular flexibility index (Phi) is 7.46. The molecule has 3 rings (SSSR count). The highest BCUT2D eigenvalue weighted by atomic mass is 79.9. The predicted molar refractivity (Wildman–Crippen MR) is 118 cm³/mol. The highest BCUT2D eigenvalue weighted by molar-refractivity contribution is 9.10. The number of anilines is 2. The fourth-order valence-electron chi connectivity index (χ4n) is 2.41. The molecule has 0 bridgehead atoms. The maximum absolute atomic E-state index is 12.9. The van der Waals surface area contributed by atoms with Crippen molar-refractivity contribution in [1.29, 1.82) is 0 Å². The lowest BCUT2D eigenvalue weighted by atomic mass is 10.3. The summed E-state index contributed by atoms with van der Waals surface area (Å²) in [6.07, 6.45) is -0.00890. The Hall–Kier alpha value is -2.43. The first-order chi connectivity index (χ1) is 14.3. The molecule has 0 aliphatic rings. The molecule has 3 aromatic rings. The molecule has 0 spiro atoms. The van der Waals surface area contributed by atoms with Gasteiger partial charge in [0.2, 0.25) is 11.8 Å². The van der Waals surface area contributed by atoms with Gasteiger partial charge >= 0.3 is 0 Å². The monoisotopic (exact) mass is 511 g/mol. The molecule has 0 radical (unpaired) electrons. The van der Waals surface area contributed by atoms with E-state index in [4.69, 9.17) is 11.6 Å². The summed E-state index contributed by atoms with van der Waals surface area (Å²) in [5.41, 5.74) is 1.08. The zero-order chi connectivity index (χ0) is 21.7. The van der Waals surface area contributed by atoms with E-state index in [0.717, 1.165) is 4.47 Å². The zero-order valence-electron chi connectivity index (χ0n) is 15.7. The Morgan fingerprint density at radius 3 is 2.47 bits per heavy atom. The van der Waals surface area contributed by atoms with Gasteiger partial charge in [-0.3, -0.25) is 9.59 Å². The normalized spacial score (nSPS) is 10.7. The van der Waals surface area contributed by atoms with E-state index in [-0.39, 0.29) is 29.8 Å². The Morgan fingerprint density at radius 2 is 1.77 bits per heavy atom. The average Bonchev–Trinajstić information content (AvgIpc) is 3.04. The SMILES string of the molecule is Cn1c(CC(=O)Nc2ccc(F)cc2)nnc1SCC(=O)Nc1ccc(Br)c(Cl)c1. The molecule has 0 fully saturated rings.